The molecule has 0 aliphatic rings. The molecule has 0 saturated carbocycles. The minimum atomic E-state index is -4.15. The largest absolute Gasteiger partial charge is 0.494 e. The molecule has 0 unspecified atom stereocenters. The Hall–Kier alpha value is -3.85. The van der Waals surface area contributed by atoms with Gasteiger partial charge in [-0.2, -0.15) is 0 Å². The fourth-order valence-corrected chi connectivity index (χ4v) is 5.67. The second-order valence-electron chi connectivity index (χ2n) is 10.2. The van der Waals surface area contributed by atoms with E-state index in [0.29, 0.717) is 18.0 Å². The Kier molecular flexibility index (Phi) is 10.9. The molecule has 1 N–H and O–H groups in total. The molecule has 3 aromatic rings. The second-order valence-corrected chi connectivity index (χ2v) is 12.1. The van der Waals surface area contributed by atoms with Gasteiger partial charge in [-0.05, 0) is 88.6 Å². The van der Waals surface area contributed by atoms with Crippen LogP contribution in [0.15, 0.2) is 77.7 Å². The van der Waals surface area contributed by atoms with E-state index in [1.165, 1.54) is 17.0 Å². The Morgan fingerprint density at radius 3 is 2.12 bits per heavy atom. The summed E-state index contributed by atoms with van der Waals surface area (Å²) < 4.78 is 34.5. The van der Waals surface area contributed by atoms with Gasteiger partial charge >= 0.3 is 0 Å². The van der Waals surface area contributed by atoms with Crippen molar-refractivity contribution in [1.29, 1.82) is 0 Å². The monoisotopic (exact) mass is 579 g/mol. The first-order chi connectivity index (χ1) is 19.5. The van der Waals surface area contributed by atoms with Crippen molar-refractivity contribution >= 4 is 27.5 Å². The number of hydrogen-bond acceptors (Lipinski definition) is 5. The summed E-state index contributed by atoms with van der Waals surface area (Å²) in [5.41, 5.74) is 3.15. The molecule has 9 heteroatoms. The molecule has 0 radical (unpaired) electrons. The molecule has 220 valence electrons. The number of nitrogens with one attached hydrogen (secondary N) is 1. The zero-order valence-corrected chi connectivity index (χ0v) is 25.6. The lowest BCUT2D eigenvalue weighted by Gasteiger charge is -2.32. The Balaban J connectivity index is 2.02. The molecular formula is C32H41N3O5S. The summed E-state index contributed by atoms with van der Waals surface area (Å²) in [6.45, 7) is 11.4. The number of carbonyl (C=O) groups is 2. The number of rotatable bonds is 13. The highest BCUT2D eigenvalue weighted by molar-refractivity contribution is 7.92. The number of nitrogens with zero attached hydrogens (tertiary/aromatic N) is 2. The van der Waals surface area contributed by atoms with Gasteiger partial charge in [-0.15, -0.1) is 0 Å². The summed E-state index contributed by atoms with van der Waals surface area (Å²) in [6.07, 6.45) is 0.742. The van der Waals surface area contributed by atoms with Crippen LogP contribution < -0.4 is 14.4 Å². The number of ether oxygens (including phenoxy) is 1. The zero-order valence-electron chi connectivity index (χ0n) is 24.8. The van der Waals surface area contributed by atoms with Gasteiger partial charge in [-0.3, -0.25) is 13.9 Å². The van der Waals surface area contributed by atoms with Crippen LogP contribution in [0.1, 0.15) is 50.8 Å². The predicted molar refractivity (Wildman–Crippen MR) is 162 cm³/mol. The molecule has 0 aliphatic heterocycles. The van der Waals surface area contributed by atoms with Gasteiger partial charge in [0.2, 0.25) is 11.8 Å². The van der Waals surface area contributed by atoms with E-state index in [2.05, 4.69) is 5.32 Å². The number of hydrogen-bond donors (Lipinski definition) is 1. The first kappa shape index (κ1) is 31.7. The Bertz CT molecular complexity index is 1420. The van der Waals surface area contributed by atoms with Crippen molar-refractivity contribution in [3.8, 4) is 5.75 Å². The minimum absolute atomic E-state index is 0.0299. The molecule has 0 heterocycles. The second kappa shape index (κ2) is 14.2. The topological polar surface area (TPSA) is 96.0 Å². The number of carbonyl (C=O) groups excluding carboxylic acids is 2. The van der Waals surface area contributed by atoms with Gasteiger partial charge in [0.05, 0.1) is 17.2 Å². The molecule has 8 nitrogen and oxygen atoms in total. The van der Waals surface area contributed by atoms with E-state index in [1.54, 1.807) is 43.3 Å². The van der Waals surface area contributed by atoms with E-state index in [4.69, 9.17) is 4.74 Å². The molecule has 0 fully saturated rings. The SMILES string of the molecule is CCOc1ccc(S(=O)(=O)N(CC(=O)N(Cc2ccccc2C)[C@H](C)C(=O)N[C@@H](C)CC)c2ccc(C)cc2)cc1. The first-order valence-electron chi connectivity index (χ1n) is 13.9. The lowest BCUT2D eigenvalue weighted by atomic mass is 10.1. The van der Waals surface area contributed by atoms with Crippen LogP contribution in [0.2, 0.25) is 0 Å². The Labute approximate surface area is 244 Å². The van der Waals surface area contributed by atoms with Crippen molar-refractivity contribution < 1.29 is 22.7 Å². The van der Waals surface area contributed by atoms with Crippen LogP contribution >= 0.6 is 0 Å². The summed E-state index contributed by atoms with van der Waals surface area (Å²) >= 11 is 0. The summed E-state index contributed by atoms with van der Waals surface area (Å²) in [4.78, 5) is 28.7. The van der Waals surface area contributed by atoms with E-state index in [9.17, 15) is 18.0 Å². The molecular weight excluding hydrogens is 538 g/mol. The van der Waals surface area contributed by atoms with Gasteiger partial charge in [0.1, 0.15) is 18.3 Å². The van der Waals surface area contributed by atoms with E-state index in [1.807, 2.05) is 58.9 Å². The maximum atomic E-state index is 14.0. The summed E-state index contributed by atoms with van der Waals surface area (Å²) in [5, 5.41) is 2.95. The van der Waals surface area contributed by atoms with Crippen LogP contribution in [0.3, 0.4) is 0 Å². The van der Waals surface area contributed by atoms with Crippen molar-refractivity contribution in [3.63, 3.8) is 0 Å². The molecule has 0 aliphatic carbocycles. The molecule has 2 amide bonds. The molecule has 0 aromatic heterocycles. The summed E-state index contributed by atoms with van der Waals surface area (Å²) in [7, 11) is -4.15. The van der Waals surface area contributed by atoms with Crippen LogP contribution in [-0.2, 0) is 26.2 Å². The third-order valence-corrected chi connectivity index (χ3v) is 8.88. The lowest BCUT2D eigenvalue weighted by molar-refractivity contribution is -0.139. The lowest BCUT2D eigenvalue weighted by Crippen LogP contribution is -2.52. The molecule has 41 heavy (non-hydrogen) atoms. The molecule has 0 bridgehead atoms. The van der Waals surface area contributed by atoms with E-state index >= 15 is 0 Å². The van der Waals surface area contributed by atoms with Crippen molar-refractivity contribution in [2.45, 2.75) is 71.5 Å². The van der Waals surface area contributed by atoms with Gasteiger partial charge in [0, 0.05) is 12.6 Å². The average Bonchev–Trinajstić information content (AvgIpc) is 2.96. The molecule has 3 rings (SSSR count). The Morgan fingerprint density at radius 1 is 0.902 bits per heavy atom. The third-order valence-electron chi connectivity index (χ3n) is 7.09. The van der Waals surface area contributed by atoms with E-state index in [0.717, 1.165) is 27.4 Å². The fraction of sp³-hybridized carbons (Fsp3) is 0.375. The van der Waals surface area contributed by atoms with Gasteiger partial charge in [0.15, 0.2) is 0 Å². The van der Waals surface area contributed by atoms with E-state index < -0.39 is 28.5 Å². The van der Waals surface area contributed by atoms with Crippen LogP contribution in [0.4, 0.5) is 5.69 Å². The highest BCUT2D eigenvalue weighted by Gasteiger charge is 2.33. The molecule has 2 atom stereocenters. The predicted octanol–water partition coefficient (Wildman–Crippen LogP) is 5.23. The summed E-state index contributed by atoms with van der Waals surface area (Å²) in [6, 6.07) is 19.8. The van der Waals surface area contributed by atoms with Gasteiger partial charge in [-0.25, -0.2) is 8.42 Å². The van der Waals surface area contributed by atoms with E-state index in [-0.39, 0.29) is 23.4 Å². The highest BCUT2D eigenvalue weighted by Crippen LogP contribution is 2.26. The Morgan fingerprint density at radius 2 is 1.54 bits per heavy atom. The maximum Gasteiger partial charge on any atom is 0.264 e. The number of benzene rings is 3. The van der Waals surface area contributed by atoms with Crippen LogP contribution in [0.25, 0.3) is 0 Å². The zero-order chi connectivity index (χ0) is 30.2. The van der Waals surface area contributed by atoms with Crippen LogP contribution in [0, 0.1) is 13.8 Å². The van der Waals surface area contributed by atoms with Crippen molar-refractivity contribution in [2.24, 2.45) is 0 Å². The van der Waals surface area contributed by atoms with Gasteiger partial charge < -0.3 is 15.0 Å². The van der Waals surface area contributed by atoms with Gasteiger partial charge in [-0.1, -0.05) is 48.9 Å². The quantitative estimate of drug-likeness (QED) is 0.299. The highest BCUT2D eigenvalue weighted by atomic mass is 32.2. The normalized spacial score (nSPS) is 12.7. The van der Waals surface area contributed by atoms with Crippen LogP contribution in [0.5, 0.6) is 5.75 Å². The number of amides is 2. The number of anilines is 1. The number of aryl methyl sites for hydroxylation is 2. The smallest absolute Gasteiger partial charge is 0.264 e. The molecule has 0 saturated heterocycles. The first-order valence-corrected chi connectivity index (χ1v) is 15.4. The van der Waals surface area contributed by atoms with Crippen molar-refractivity contribution in [3.05, 3.63) is 89.5 Å². The maximum absolute atomic E-state index is 14.0. The fourth-order valence-electron chi connectivity index (χ4n) is 4.26. The summed E-state index contributed by atoms with van der Waals surface area (Å²) in [5.74, 6) is -0.234. The minimum Gasteiger partial charge on any atom is -0.494 e. The van der Waals surface area contributed by atoms with Gasteiger partial charge in [0.25, 0.3) is 10.0 Å². The third kappa shape index (κ3) is 8.10. The standard InChI is InChI=1S/C32H41N3O5S/c1-7-25(5)33-32(37)26(6)34(21-27-12-10-9-11-24(27)4)31(36)22-35(28-15-13-23(3)14-16-28)41(38,39)30-19-17-29(18-20-30)40-8-2/h9-20,25-26H,7-8,21-22H2,1-6H3,(H,33,37)/t25-,26+/m0/s1. The van der Waals surface area contributed by atoms with Crippen molar-refractivity contribution in [1.82, 2.24) is 10.2 Å². The van der Waals surface area contributed by atoms with Crippen LogP contribution in [-0.4, -0.2) is 50.4 Å². The van der Waals surface area contributed by atoms with Crippen molar-refractivity contribution in [2.75, 3.05) is 17.5 Å². The molecule has 0 spiro atoms. The average molecular weight is 580 g/mol. The molecule has 3 aromatic carbocycles. The number of sulfonamides is 1.